The molecule has 1 aromatic carbocycles. The van der Waals surface area contributed by atoms with Gasteiger partial charge in [0.2, 0.25) is 0 Å². The second-order valence-electron chi connectivity index (χ2n) is 3.51. The van der Waals surface area contributed by atoms with E-state index in [0.717, 1.165) is 5.56 Å². The van der Waals surface area contributed by atoms with E-state index in [1.165, 1.54) is 0 Å². The zero-order valence-electron chi connectivity index (χ0n) is 15.5. The van der Waals surface area contributed by atoms with Crippen molar-refractivity contribution < 1.29 is 69.4 Å². The molecule has 3 rings (SSSR count). The molecule has 2 aliphatic carbocycles. The van der Waals surface area contributed by atoms with Crippen molar-refractivity contribution in [2.75, 3.05) is 0 Å². The van der Waals surface area contributed by atoms with Gasteiger partial charge in [-0.3, -0.25) is 0 Å². The smallest absolute Gasteiger partial charge is 0 e. The fourth-order valence-corrected chi connectivity index (χ4v) is 1.48. The minimum Gasteiger partial charge on any atom is -0.0312 e. The number of aliphatic hydroxyl groups excluding tert-OH is 1. The molecule has 1 aromatic rings. The molecular formula is C22H15MoO6Ti-. The topological polar surface area (TPSA) is 120 Å². The van der Waals surface area contributed by atoms with Crippen LogP contribution in [0.25, 0.3) is 0 Å². The molecule has 2 fully saturated rings. The van der Waals surface area contributed by atoms with Crippen molar-refractivity contribution in [3.63, 3.8) is 0 Å². The minimum atomic E-state index is 0. The zero-order chi connectivity index (χ0) is 23.8. The summed E-state index contributed by atoms with van der Waals surface area (Å²) in [7, 11) is 0. The Morgan fingerprint density at radius 1 is 0.633 bits per heavy atom. The molecule has 0 unspecified atom stereocenters. The molecule has 6 nitrogen and oxygen atoms in total. The molecule has 1 N–H and O–H groups in total. The Morgan fingerprint density at radius 3 is 1.03 bits per heavy atom. The molecule has 0 spiro atoms. The maximum absolute atomic E-state index is 8.91. The van der Waals surface area contributed by atoms with Crippen molar-refractivity contribution >= 4 is 4.08 Å². The second-order valence-corrected chi connectivity index (χ2v) is 4.46. The molecule has 0 atom stereocenters. The van der Waals surface area contributed by atoms with Crippen molar-refractivity contribution in [2.45, 2.75) is 0 Å². The number of hydrogen-bond donors (Lipinski definition) is 1. The summed E-state index contributed by atoms with van der Waals surface area (Å²) >= 11 is 1.58. The standard InChI is InChI=1S/C7H5O.2C5H5.5CO.Mo.Ti/c8-6-7-4-2-1-3-5-7;2*1-2-4-5-3-1;5*1-2;;/h1-4,8H;2*1-5H;;;;;;;/q-1;;;;;;;;;. The van der Waals surface area contributed by atoms with Crippen molar-refractivity contribution in [3.8, 4) is 0 Å². The second kappa shape index (κ2) is 51.1. The first-order valence-electron chi connectivity index (χ1n) is 6.86. The van der Waals surface area contributed by atoms with E-state index in [1.807, 2.05) is 82.4 Å². The minimum absolute atomic E-state index is 0. The monoisotopic (exact) mass is 521 g/mol. The molecule has 10 radical (unpaired) electrons. The van der Waals surface area contributed by atoms with Crippen LogP contribution in [0.2, 0.25) is 0 Å². The van der Waals surface area contributed by atoms with Gasteiger partial charge >= 0.3 is 121 Å². The van der Waals surface area contributed by atoms with Gasteiger partial charge < -0.3 is 0 Å². The van der Waals surface area contributed by atoms with Gasteiger partial charge in [0.05, 0.1) is 0 Å². The fraction of sp³-hybridized carbons (Fsp3) is 0. The SMILES string of the molecule is O[C](=[Mo])c1[c-]cccc1.[C-]#[O+].[C-]#[O+].[C-]#[O+].[C-]#[O+].[C-]#[O+].[CH]1[CH][CH][CH][CH]1.[CH]1[CH][CH][CH][CH]1.[Ti]. The van der Waals surface area contributed by atoms with Crippen LogP contribution in [0.4, 0.5) is 0 Å². The number of benzene rings is 1. The molecule has 2 aliphatic rings. The third-order valence-corrected chi connectivity index (χ3v) is 2.59. The van der Waals surface area contributed by atoms with Crippen molar-refractivity contribution in [2.24, 2.45) is 0 Å². The molecule has 0 aromatic heterocycles. The molecule has 0 heterocycles. The molecule has 0 saturated heterocycles. The van der Waals surface area contributed by atoms with E-state index in [1.54, 1.807) is 25.4 Å². The van der Waals surface area contributed by atoms with E-state index in [0.29, 0.717) is 4.08 Å². The summed E-state index contributed by atoms with van der Waals surface area (Å²) in [6, 6.07) is 10.2. The van der Waals surface area contributed by atoms with Gasteiger partial charge in [-0.1, -0.05) is 0 Å². The van der Waals surface area contributed by atoms with E-state index < -0.39 is 0 Å². The normalized spacial score (nSPS) is 11.0. The predicted octanol–water partition coefficient (Wildman–Crippen LogP) is 2.74. The third kappa shape index (κ3) is 41.5. The Hall–Kier alpha value is -0.847. The summed E-state index contributed by atoms with van der Waals surface area (Å²) in [5, 5.41) is 8.91. The van der Waals surface area contributed by atoms with Gasteiger partial charge in [0.1, 0.15) is 0 Å². The van der Waals surface area contributed by atoms with Crippen LogP contribution in [-0.4, -0.2) is 9.19 Å². The van der Waals surface area contributed by atoms with E-state index in [2.05, 4.69) is 39.3 Å². The zero-order valence-corrected chi connectivity index (χ0v) is 19.0. The van der Waals surface area contributed by atoms with Gasteiger partial charge in [-0.15, -0.1) is 0 Å². The van der Waals surface area contributed by atoms with E-state index in [9.17, 15) is 0 Å². The van der Waals surface area contributed by atoms with E-state index in [-0.39, 0.29) is 21.7 Å². The van der Waals surface area contributed by atoms with Crippen LogP contribution in [0.15, 0.2) is 24.3 Å². The predicted molar refractivity (Wildman–Crippen MR) is 94.0 cm³/mol. The van der Waals surface area contributed by atoms with Crippen molar-refractivity contribution in [1.82, 2.24) is 0 Å². The Labute approximate surface area is 206 Å². The van der Waals surface area contributed by atoms with Crippen LogP contribution in [0.3, 0.4) is 0 Å². The summed E-state index contributed by atoms with van der Waals surface area (Å²) in [6.07, 6.45) is 20.0. The summed E-state index contributed by atoms with van der Waals surface area (Å²) in [6.45, 7) is 22.5. The summed E-state index contributed by atoms with van der Waals surface area (Å²) in [4.78, 5) is 0. The van der Waals surface area contributed by atoms with Gasteiger partial charge in [0.25, 0.3) is 0 Å². The first-order valence-corrected chi connectivity index (χ1v) is 7.86. The van der Waals surface area contributed by atoms with E-state index in [4.69, 9.17) is 28.4 Å². The van der Waals surface area contributed by atoms with Crippen LogP contribution < -0.4 is 0 Å². The summed E-state index contributed by atoms with van der Waals surface area (Å²) < 4.78 is 37.8. The van der Waals surface area contributed by atoms with Crippen LogP contribution in [0.1, 0.15) is 5.56 Å². The largest absolute Gasteiger partial charge is 0.0312 e. The van der Waals surface area contributed by atoms with Gasteiger partial charge in [0, 0.05) is 21.7 Å². The summed E-state index contributed by atoms with van der Waals surface area (Å²) in [5.41, 5.74) is 0.766. The first kappa shape index (κ1) is 43.1. The Balaban J connectivity index is -0.0000000604. The average Bonchev–Trinajstić information content (AvgIpc) is 3.61. The van der Waals surface area contributed by atoms with Crippen molar-refractivity contribution in [3.05, 3.63) is 133 Å². The Kier molecular flexibility index (Phi) is 73.4. The first-order chi connectivity index (χ1) is 14.3. The quantitative estimate of drug-likeness (QED) is 0.343. The third-order valence-electron chi connectivity index (χ3n) is 2.05. The van der Waals surface area contributed by atoms with Gasteiger partial charge in [-0.05, 0) is 64.2 Å². The van der Waals surface area contributed by atoms with Crippen molar-refractivity contribution in [1.29, 1.82) is 0 Å². The average molecular weight is 519 g/mol. The number of rotatable bonds is 1. The maximum Gasteiger partial charge on any atom is 0 e. The molecular weight excluding hydrogens is 504 g/mol. The Morgan fingerprint density at radius 2 is 0.900 bits per heavy atom. The summed E-state index contributed by atoms with van der Waals surface area (Å²) in [5.74, 6) is 0. The molecule has 30 heavy (non-hydrogen) atoms. The van der Waals surface area contributed by atoms with Crippen LogP contribution in [-0.2, 0) is 64.3 Å². The van der Waals surface area contributed by atoms with Crippen LogP contribution >= 0.6 is 0 Å². The van der Waals surface area contributed by atoms with Crippen LogP contribution in [0, 0.1) is 104 Å². The fourth-order valence-electron chi connectivity index (χ4n) is 1.17. The van der Waals surface area contributed by atoms with Crippen LogP contribution in [0.5, 0.6) is 0 Å². The van der Waals surface area contributed by atoms with E-state index >= 15 is 0 Å². The molecule has 0 bridgehead atoms. The van der Waals surface area contributed by atoms with Gasteiger partial charge in [-0.25, -0.2) is 0 Å². The van der Waals surface area contributed by atoms with Gasteiger partial charge in [0.15, 0.2) is 0 Å². The Bertz CT molecular complexity index is 470. The molecule has 150 valence electrons. The van der Waals surface area contributed by atoms with Gasteiger partial charge in [-0.2, -0.15) is 0 Å². The molecule has 0 amide bonds. The number of hydrogen-bond acceptors (Lipinski definition) is 1. The number of aliphatic hydroxyl groups is 1. The molecule has 8 heteroatoms. The molecule has 2 saturated carbocycles. The maximum atomic E-state index is 8.91. The molecule has 0 aliphatic heterocycles.